The van der Waals surface area contributed by atoms with Gasteiger partial charge < -0.3 is 14.8 Å². The molecule has 5 nitrogen and oxygen atoms in total. The van der Waals surface area contributed by atoms with Gasteiger partial charge in [0, 0.05) is 12.0 Å². The summed E-state index contributed by atoms with van der Waals surface area (Å²) in [6, 6.07) is 13.9. The number of amides is 1. The van der Waals surface area contributed by atoms with Crippen LogP contribution in [0.1, 0.15) is 23.1 Å². The van der Waals surface area contributed by atoms with Gasteiger partial charge in [-0.05, 0) is 42.7 Å². The zero-order chi connectivity index (χ0) is 18.5. The molecule has 0 fully saturated rings. The van der Waals surface area contributed by atoms with E-state index in [1.165, 1.54) is 5.56 Å². The van der Waals surface area contributed by atoms with Gasteiger partial charge in [-0.3, -0.25) is 4.79 Å². The molecule has 1 heterocycles. The van der Waals surface area contributed by atoms with E-state index in [1.54, 1.807) is 20.3 Å². The second-order valence-electron chi connectivity index (χ2n) is 6.09. The van der Waals surface area contributed by atoms with Crippen molar-refractivity contribution in [2.24, 2.45) is 4.99 Å². The number of carbonyl (C=O) groups excluding carboxylic acids is 1. The molecular weight excluding hydrogens is 328 g/mol. The molecular formula is C21H22N2O3. The lowest BCUT2D eigenvalue weighted by Gasteiger charge is -2.10. The third-order valence-electron chi connectivity index (χ3n) is 4.28. The number of nitrogens with zero attached hydrogens (tertiary/aromatic N) is 1. The van der Waals surface area contributed by atoms with Crippen molar-refractivity contribution in [2.75, 3.05) is 14.2 Å². The molecule has 0 aromatic heterocycles. The Morgan fingerprint density at radius 1 is 1.04 bits per heavy atom. The van der Waals surface area contributed by atoms with Gasteiger partial charge in [0.15, 0.2) is 0 Å². The summed E-state index contributed by atoms with van der Waals surface area (Å²) in [5, 5.41) is 2.84. The van der Waals surface area contributed by atoms with Crippen molar-refractivity contribution in [3.63, 3.8) is 0 Å². The van der Waals surface area contributed by atoms with Gasteiger partial charge >= 0.3 is 0 Å². The van der Waals surface area contributed by atoms with E-state index in [0.717, 1.165) is 23.3 Å². The normalized spacial score (nSPS) is 15.0. The van der Waals surface area contributed by atoms with Crippen molar-refractivity contribution in [1.29, 1.82) is 0 Å². The summed E-state index contributed by atoms with van der Waals surface area (Å²) >= 11 is 0. The van der Waals surface area contributed by atoms with Crippen LogP contribution < -0.4 is 14.8 Å². The van der Waals surface area contributed by atoms with Crippen LogP contribution in [0, 0.1) is 6.92 Å². The summed E-state index contributed by atoms with van der Waals surface area (Å²) in [5.74, 6) is 1.90. The molecule has 0 saturated heterocycles. The van der Waals surface area contributed by atoms with Crippen LogP contribution in [0.3, 0.4) is 0 Å². The number of hydrogen-bond donors (Lipinski definition) is 1. The van der Waals surface area contributed by atoms with E-state index in [-0.39, 0.29) is 5.91 Å². The maximum absolute atomic E-state index is 12.3. The molecule has 2 aromatic carbocycles. The van der Waals surface area contributed by atoms with E-state index in [0.29, 0.717) is 23.7 Å². The number of methoxy groups -OCH3 is 2. The second kappa shape index (κ2) is 7.87. The first kappa shape index (κ1) is 17.7. The fourth-order valence-electron chi connectivity index (χ4n) is 2.88. The number of nitrogens with one attached hydrogen (secondary N) is 1. The second-order valence-corrected chi connectivity index (χ2v) is 6.09. The van der Waals surface area contributed by atoms with Crippen LogP contribution in [0.4, 0.5) is 0 Å². The summed E-state index contributed by atoms with van der Waals surface area (Å²) < 4.78 is 10.8. The van der Waals surface area contributed by atoms with Crippen molar-refractivity contribution in [2.45, 2.75) is 19.8 Å². The van der Waals surface area contributed by atoms with Gasteiger partial charge in [0.2, 0.25) is 0 Å². The maximum Gasteiger partial charge on any atom is 0.275 e. The van der Waals surface area contributed by atoms with Gasteiger partial charge in [-0.25, -0.2) is 4.99 Å². The number of hydrogen-bond acceptors (Lipinski definition) is 4. The molecule has 0 unspecified atom stereocenters. The van der Waals surface area contributed by atoms with E-state index in [1.807, 2.05) is 37.3 Å². The Hall–Kier alpha value is -3.08. The molecule has 0 bridgehead atoms. The van der Waals surface area contributed by atoms with Gasteiger partial charge in [0.1, 0.15) is 23.0 Å². The molecule has 5 heteroatoms. The van der Waals surface area contributed by atoms with Crippen molar-refractivity contribution < 1.29 is 14.3 Å². The SMILES string of the molecule is COc1cc(/C=C2/N=C(CCc3ccccc3)NC2=O)c(OC)cc1C. The smallest absolute Gasteiger partial charge is 0.275 e. The van der Waals surface area contributed by atoms with Crippen LogP contribution >= 0.6 is 0 Å². The van der Waals surface area contributed by atoms with E-state index < -0.39 is 0 Å². The summed E-state index contributed by atoms with van der Waals surface area (Å²) in [7, 11) is 3.22. The zero-order valence-electron chi connectivity index (χ0n) is 15.2. The molecule has 26 heavy (non-hydrogen) atoms. The average molecular weight is 350 g/mol. The minimum absolute atomic E-state index is 0.199. The van der Waals surface area contributed by atoms with E-state index in [9.17, 15) is 4.79 Å². The first-order valence-corrected chi connectivity index (χ1v) is 8.48. The third kappa shape index (κ3) is 3.94. The molecule has 1 aliphatic heterocycles. The van der Waals surface area contributed by atoms with Gasteiger partial charge in [-0.15, -0.1) is 0 Å². The minimum Gasteiger partial charge on any atom is -0.496 e. The number of aryl methyl sites for hydroxylation is 2. The van der Waals surface area contributed by atoms with Crippen LogP contribution in [0.5, 0.6) is 11.5 Å². The van der Waals surface area contributed by atoms with Crippen molar-refractivity contribution in [3.05, 3.63) is 64.9 Å². The number of rotatable bonds is 6. The molecule has 134 valence electrons. The van der Waals surface area contributed by atoms with Gasteiger partial charge in [0.25, 0.3) is 5.91 Å². The Bertz CT molecular complexity index is 870. The Morgan fingerprint density at radius 2 is 1.77 bits per heavy atom. The van der Waals surface area contributed by atoms with Crippen LogP contribution in [0.2, 0.25) is 0 Å². The van der Waals surface area contributed by atoms with Crippen molar-refractivity contribution >= 4 is 17.8 Å². The van der Waals surface area contributed by atoms with E-state index >= 15 is 0 Å². The van der Waals surface area contributed by atoms with Gasteiger partial charge in [-0.2, -0.15) is 0 Å². The molecule has 1 aliphatic rings. The standard InChI is InChI=1S/C21H22N2O3/c1-14-11-19(26-3)16(13-18(14)25-2)12-17-21(24)23-20(22-17)10-9-15-7-5-4-6-8-15/h4-8,11-13H,9-10H2,1-3H3,(H,22,23,24)/b17-12+. The molecule has 0 aliphatic carbocycles. The first-order valence-electron chi connectivity index (χ1n) is 8.48. The lowest BCUT2D eigenvalue weighted by molar-refractivity contribution is -0.115. The zero-order valence-corrected chi connectivity index (χ0v) is 15.2. The highest BCUT2D eigenvalue weighted by Crippen LogP contribution is 2.30. The minimum atomic E-state index is -0.199. The van der Waals surface area contributed by atoms with Crippen LogP contribution in [-0.4, -0.2) is 26.0 Å². The lowest BCUT2D eigenvalue weighted by Crippen LogP contribution is -2.24. The third-order valence-corrected chi connectivity index (χ3v) is 4.28. The van der Waals surface area contributed by atoms with Crippen molar-refractivity contribution in [1.82, 2.24) is 5.32 Å². The Labute approximate surface area is 153 Å². The number of benzene rings is 2. The topological polar surface area (TPSA) is 59.9 Å². The maximum atomic E-state index is 12.3. The fraction of sp³-hybridized carbons (Fsp3) is 0.238. The van der Waals surface area contributed by atoms with E-state index in [4.69, 9.17) is 9.47 Å². The highest BCUT2D eigenvalue weighted by molar-refractivity contribution is 6.14. The van der Waals surface area contributed by atoms with Gasteiger partial charge in [0.05, 0.1) is 14.2 Å². The average Bonchev–Trinajstić information content (AvgIpc) is 3.01. The quantitative estimate of drug-likeness (QED) is 0.811. The highest BCUT2D eigenvalue weighted by atomic mass is 16.5. The van der Waals surface area contributed by atoms with Crippen molar-refractivity contribution in [3.8, 4) is 11.5 Å². The highest BCUT2D eigenvalue weighted by Gasteiger charge is 2.20. The Balaban J connectivity index is 1.82. The van der Waals surface area contributed by atoms with Crippen LogP contribution in [-0.2, 0) is 11.2 Å². The fourth-order valence-corrected chi connectivity index (χ4v) is 2.88. The predicted molar refractivity (Wildman–Crippen MR) is 103 cm³/mol. The molecule has 1 amide bonds. The lowest BCUT2D eigenvalue weighted by atomic mass is 10.1. The summed E-state index contributed by atoms with van der Waals surface area (Å²) in [6.07, 6.45) is 3.24. The number of aliphatic imine (C=N–C) groups is 1. The summed E-state index contributed by atoms with van der Waals surface area (Å²) in [5.41, 5.74) is 3.31. The van der Waals surface area contributed by atoms with E-state index in [2.05, 4.69) is 22.4 Å². The Kier molecular flexibility index (Phi) is 5.37. The van der Waals surface area contributed by atoms with Crippen LogP contribution in [0.25, 0.3) is 6.08 Å². The first-order chi connectivity index (χ1) is 12.6. The number of carbonyl (C=O) groups is 1. The molecule has 0 saturated carbocycles. The molecule has 1 N–H and O–H groups in total. The number of ether oxygens (including phenoxy) is 2. The molecule has 0 radical (unpaired) electrons. The predicted octanol–water partition coefficient (Wildman–Crippen LogP) is 3.51. The summed E-state index contributed by atoms with van der Waals surface area (Å²) in [6.45, 7) is 1.94. The molecule has 2 aromatic rings. The summed E-state index contributed by atoms with van der Waals surface area (Å²) in [4.78, 5) is 16.7. The van der Waals surface area contributed by atoms with Crippen LogP contribution in [0.15, 0.2) is 53.2 Å². The molecule has 3 rings (SSSR count). The largest absolute Gasteiger partial charge is 0.496 e. The monoisotopic (exact) mass is 350 g/mol. The Morgan fingerprint density at radius 3 is 2.46 bits per heavy atom. The van der Waals surface area contributed by atoms with Gasteiger partial charge in [-0.1, -0.05) is 30.3 Å². The molecule has 0 spiro atoms. The number of amidine groups is 1. The molecule has 0 atom stereocenters.